The SMILES string of the molecule is Cn1ncc2c(=O)[nH]c(CN3CCC[C@H]3c3ccsc3)nc21. The second kappa shape index (κ2) is 5.33. The predicted octanol–water partition coefficient (Wildman–Crippen LogP) is 2.06. The number of likely N-dealkylation sites (tertiary alicyclic amines) is 1. The van der Waals surface area contributed by atoms with Crippen molar-refractivity contribution in [3.63, 3.8) is 0 Å². The smallest absolute Gasteiger partial charge is 0.262 e. The molecule has 0 aromatic carbocycles. The lowest BCUT2D eigenvalue weighted by molar-refractivity contribution is 0.242. The van der Waals surface area contributed by atoms with Gasteiger partial charge in [-0.3, -0.25) is 14.4 Å². The summed E-state index contributed by atoms with van der Waals surface area (Å²) >= 11 is 1.73. The second-order valence-electron chi connectivity index (χ2n) is 5.70. The molecule has 7 heteroatoms. The number of fused-ring (bicyclic) bond motifs is 1. The van der Waals surface area contributed by atoms with Gasteiger partial charge < -0.3 is 4.98 Å². The van der Waals surface area contributed by atoms with Gasteiger partial charge in [0.15, 0.2) is 5.65 Å². The molecule has 1 aliphatic heterocycles. The fourth-order valence-corrected chi connectivity index (χ4v) is 3.91. The van der Waals surface area contributed by atoms with E-state index in [9.17, 15) is 4.79 Å². The Morgan fingerprint density at radius 3 is 3.23 bits per heavy atom. The third kappa shape index (κ3) is 2.26. The summed E-state index contributed by atoms with van der Waals surface area (Å²) in [6.07, 6.45) is 3.91. The number of thiophene rings is 1. The van der Waals surface area contributed by atoms with Crippen molar-refractivity contribution in [3.8, 4) is 0 Å². The topological polar surface area (TPSA) is 66.8 Å². The van der Waals surface area contributed by atoms with Gasteiger partial charge in [0, 0.05) is 13.1 Å². The summed E-state index contributed by atoms with van der Waals surface area (Å²) in [4.78, 5) is 22.0. The van der Waals surface area contributed by atoms with Gasteiger partial charge in [-0.15, -0.1) is 0 Å². The summed E-state index contributed by atoms with van der Waals surface area (Å²) in [5.41, 5.74) is 1.90. The monoisotopic (exact) mass is 315 g/mol. The number of aromatic amines is 1. The Bertz CT molecular complexity index is 851. The molecule has 3 aromatic heterocycles. The van der Waals surface area contributed by atoms with Crippen LogP contribution in [0.2, 0.25) is 0 Å². The molecule has 0 aliphatic carbocycles. The molecule has 114 valence electrons. The van der Waals surface area contributed by atoms with Crippen LogP contribution >= 0.6 is 11.3 Å². The molecular weight excluding hydrogens is 298 g/mol. The van der Waals surface area contributed by atoms with Crippen molar-refractivity contribution in [2.24, 2.45) is 7.05 Å². The summed E-state index contributed by atoms with van der Waals surface area (Å²) in [6, 6.07) is 2.62. The molecule has 0 amide bonds. The van der Waals surface area contributed by atoms with Gasteiger partial charge in [0.05, 0.1) is 12.7 Å². The van der Waals surface area contributed by atoms with Crippen LogP contribution in [0, 0.1) is 0 Å². The maximum Gasteiger partial charge on any atom is 0.262 e. The lowest BCUT2D eigenvalue weighted by atomic mass is 10.1. The van der Waals surface area contributed by atoms with Crippen LogP contribution in [0.15, 0.2) is 27.8 Å². The van der Waals surface area contributed by atoms with Gasteiger partial charge in [0.2, 0.25) is 0 Å². The van der Waals surface area contributed by atoms with Gasteiger partial charge in [0.25, 0.3) is 5.56 Å². The van der Waals surface area contributed by atoms with E-state index in [-0.39, 0.29) is 5.56 Å². The minimum atomic E-state index is -0.112. The maximum atomic E-state index is 12.1. The third-order valence-electron chi connectivity index (χ3n) is 4.30. The number of rotatable bonds is 3. The van der Waals surface area contributed by atoms with Gasteiger partial charge >= 0.3 is 0 Å². The fourth-order valence-electron chi connectivity index (χ4n) is 3.20. The van der Waals surface area contributed by atoms with Crippen LogP contribution in [0.4, 0.5) is 0 Å². The van der Waals surface area contributed by atoms with E-state index in [4.69, 9.17) is 0 Å². The molecule has 0 unspecified atom stereocenters. The van der Waals surface area contributed by atoms with Gasteiger partial charge in [-0.05, 0) is 41.8 Å². The summed E-state index contributed by atoms with van der Waals surface area (Å²) in [7, 11) is 1.81. The van der Waals surface area contributed by atoms with E-state index in [2.05, 4.69) is 36.8 Å². The number of aryl methyl sites for hydroxylation is 1. The van der Waals surface area contributed by atoms with Crippen LogP contribution in [0.3, 0.4) is 0 Å². The van der Waals surface area contributed by atoms with E-state index in [0.717, 1.165) is 13.0 Å². The number of hydrogen-bond acceptors (Lipinski definition) is 5. The molecule has 1 saturated heterocycles. The number of nitrogens with zero attached hydrogens (tertiary/aromatic N) is 4. The second-order valence-corrected chi connectivity index (χ2v) is 6.48. The Morgan fingerprint density at radius 1 is 1.50 bits per heavy atom. The summed E-state index contributed by atoms with van der Waals surface area (Å²) in [6.45, 7) is 1.70. The highest BCUT2D eigenvalue weighted by Gasteiger charge is 2.27. The van der Waals surface area contributed by atoms with E-state index in [1.165, 1.54) is 12.0 Å². The molecule has 1 fully saturated rings. The normalized spacial score (nSPS) is 19.2. The summed E-state index contributed by atoms with van der Waals surface area (Å²) in [5, 5.41) is 8.98. The molecule has 22 heavy (non-hydrogen) atoms. The quantitative estimate of drug-likeness (QED) is 0.803. The Hall–Kier alpha value is -1.99. The molecular formula is C15H17N5OS. The maximum absolute atomic E-state index is 12.1. The molecule has 0 spiro atoms. The molecule has 0 saturated carbocycles. The summed E-state index contributed by atoms with van der Waals surface area (Å²) in [5.74, 6) is 0.711. The molecule has 6 nitrogen and oxygen atoms in total. The van der Waals surface area contributed by atoms with Gasteiger partial charge in [0.1, 0.15) is 11.2 Å². The lowest BCUT2D eigenvalue weighted by Gasteiger charge is -2.23. The average Bonchev–Trinajstić information content (AvgIpc) is 3.20. The fraction of sp³-hybridized carbons (Fsp3) is 0.400. The molecule has 0 radical (unpaired) electrons. The number of H-pyrrole nitrogens is 1. The van der Waals surface area contributed by atoms with Crippen LogP contribution in [0.5, 0.6) is 0 Å². The van der Waals surface area contributed by atoms with E-state index in [1.54, 1.807) is 22.2 Å². The van der Waals surface area contributed by atoms with Gasteiger partial charge in [-0.2, -0.15) is 16.4 Å². The van der Waals surface area contributed by atoms with Crippen molar-refractivity contribution in [1.82, 2.24) is 24.6 Å². The third-order valence-corrected chi connectivity index (χ3v) is 5.00. The van der Waals surface area contributed by atoms with Gasteiger partial charge in [-0.1, -0.05) is 0 Å². The Morgan fingerprint density at radius 2 is 2.41 bits per heavy atom. The zero-order chi connectivity index (χ0) is 15.1. The lowest BCUT2D eigenvalue weighted by Crippen LogP contribution is -2.25. The van der Waals surface area contributed by atoms with Crippen LogP contribution in [-0.2, 0) is 13.6 Å². The highest BCUT2D eigenvalue weighted by atomic mass is 32.1. The van der Waals surface area contributed by atoms with Crippen molar-refractivity contribution >= 4 is 22.4 Å². The van der Waals surface area contributed by atoms with Crippen LogP contribution < -0.4 is 5.56 Å². The van der Waals surface area contributed by atoms with Crippen molar-refractivity contribution in [2.45, 2.75) is 25.4 Å². The molecule has 1 atom stereocenters. The highest BCUT2D eigenvalue weighted by Crippen LogP contribution is 2.33. The van der Waals surface area contributed by atoms with E-state index >= 15 is 0 Å². The standard InChI is InChI=1S/C15H17N5OS/c1-19-14-11(7-16-19)15(21)18-13(17-14)8-20-5-2-3-12(20)10-4-6-22-9-10/h4,6-7,9,12H,2-3,5,8H2,1H3,(H,17,18,21)/t12-/m0/s1. The Kier molecular flexibility index (Phi) is 3.31. The van der Waals surface area contributed by atoms with Crippen molar-refractivity contribution in [1.29, 1.82) is 0 Å². The zero-order valence-corrected chi connectivity index (χ0v) is 13.1. The number of aromatic nitrogens is 4. The van der Waals surface area contributed by atoms with Crippen molar-refractivity contribution in [2.75, 3.05) is 6.54 Å². The molecule has 1 aliphatic rings. The van der Waals surface area contributed by atoms with Crippen molar-refractivity contribution < 1.29 is 0 Å². The largest absolute Gasteiger partial charge is 0.309 e. The predicted molar refractivity (Wildman–Crippen MR) is 85.8 cm³/mol. The highest BCUT2D eigenvalue weighted by molar-refractivity contribution is 7.07. The van der Waals surface area contributed by atoms with Crippen LogP contribution in [0.25, 0.3) is 11.0 Å². The Labute approximate surface area is 131 Å². The first kappa shape index (κ1) is 13.7. The van der Waals surface area contributed by atoms with E-state index in [1.807, 2.05) is 7.05 Å². The molecule has 0 bridgehead atoms. The van der Waals surface area contributed by atoms with Crippen molar-refractivity contribution in [3.05, 3.63) is 44.8 Å². The molecule has 4 heterocycles. The molecule has 3 aromatic rings. The molecule has 1 N–H and O–H groups in total. The zero-order valence-electron chi connectivity index (χ0n) is 12.3. The first-order chi connectivity index (χ1) is 10.7. The van der Waals surface area contributed by atoms with E-state index < -0.39 is 0 Å². The minimum absolute atomic E-state index is 0.112. The number of hydrogen-bond donors (Lipinski definition) is 1. The van der Waals surface area contributed by atoms with Crippen LogP contribution in [0.1, 0.15) is 30.3 Å². The minimum Gasteiger partial charge on any atom is -0.309 e. The summed E-state index contributed by atoms with van der Waals surface area (Å²) < 4.78 is 1.65. The average molecular weight is 315 g/mol. The first-order valence-electron chi connectivity index (χ1n) is 7.39. The Balaban J connectivity index is 1.65. The van der Waals surface area contributed by atoms with Gasteiger partial charge in [-0.25, -0.2) is 4.98 Å². The molecule has 4 rings (SSSR count). The van der Waals surface area contributed by atoms with E-state index in [0.29, 0.717) is 29.4 Å². The van der Waals surface area contributed by atoms with Crippen LogP contribution in [-0.4, -0.2) is 31.2 Å². The number of nitrogens with one attached hydrogen (secondary N) is 1. The first-order valence-corrected chi connectivity index (χ1v) is 8.34.